The van der Waals surface area contributed by atoms with Crippen molar-refractivity contribution < 1.29 is 13.2 Å². The molecule has 0 fully saturated rings. The molecule has 148 valence electrons. The van der Waals surface area contributed by atoms with Gasteiger partial charge >= 0.3 is 0 Å². The van der Waals surface area contributed by atoms with Gasteiger partial charge in [-0.1, -0.05) is 56.8 Å². The summed E-state index contributed by atoms with van der Waals surface area (Å²) in [6.07, 6.45) is 1.26. The van der Waals surface area contributed by atoms with Gasteiger partial charge in [-0.25, -0.2) is 8.42 Å². The van der Waals surface area contributed by atoms with Crippen molar-refractivity contribution in [2.24, 2.45) is 0 Å². The Morgan fingerprint density at radius 2 is 1.41 bits per heavy atom. The maximum absolute atomic E-state index is 13.3. The second-order valence-corrected chi connectivity index (χ2v) is 10.1. The summed E-state index contributed by atoms with van der Waals surface area (Å²) < 4.78 is 27.3. The Labute approximate surface area is 192 Å². The van der Waals surface area contributed by atoms with Gasteiger partial charge in [0.2, 0.25) is 15.6 Å². The van der Waals surface area contributed by atoms with Gasteiger partial charge in [0.25, 0.3) is 0 Å². The molecule has 3 aromatic rings. The summed E-state index contributed by atoms with van der Waals surface area (Å²) in [7, 11) is -4.13. The van der Waals surface area contributed by atoms with Gasteiger partial charge in [0.1, 0.15) is 4.91 Å². The highest BCUT2D eigenvalue weighted by Gasteiger charge is 2.28. The molecular weight excluding hydrogens is 519 g/mol. The second-order valence-electron chi connectivity index (χ2n) is 5.97. The van der Waals surface area contributed by atoms with Crippen molar-refractivity contribution in [3.05, 3.63) is 102 Å². The van der Waals surface area contributed by atoms with Crippen molar-refractivity contribution >= 4 is 72.4 Å². The van der Waals surface area contributed by atoms with E-state index in [1.165, 1.54) is 48.5 Å². The number of hydrogen-bond acceptors (Lipinski definition) is 3. The minimum absolute atomic E-state index is 0.0145. The first-order chi connectivity index (χ1) is 13.7. The van der Waals surface area contributed by atoms with Gasteiger partial charge in [0, 0.05) is 25.1 Å². The Hall–Kier alpha value is -1.63. The van der Waals surface area contributed by atoms with E-state index in [0.717, 1.165) is 0 Å². The zero-order valence-electron chi connectivity index (χ0n) is 14.6. The van der Waals surface area contributed by atoms with E-state index in [9.17, 15) is 13.2 Å². The molecule has 3 nitrogen and oxygen atoms in total. The minimum Gasteiger partial charge on any atom is -0.288 e. The van der Waals surface area contributed by atoms with Crippen LogP contribution in [-0.2, 0) is 9.84 Å². The summed E-state index contributed by atoms with van der Waals surface area (Å²) in [6.45, 7) is 0. The van der Waals surface area contributed by atoms with Crippen LogP contribution in [0.5, 0.6) is 0 Å². The maximum atomic E-state index is 13.3. The molecule has 0 saturated carbocycles. The minimum atomic E-state index is -4.13. The van der Waals surface area contributed by atoms with Crippen LogP contribution in [0.1, 0.15) is 15.9 Å². The van der Waals surface area contributed by atoms with Crippen LogP contribution in [0.15, 0.2) is 81.0 Å². The van der Waals surface area contributed by atoms with Crippen molar-refractivity contribution in [3.63, 3.8) is 0 Å². The number of halogens is 4. The molecule has 0 aromatic heterocycles. The van der Waals surface area contributed by atoms with Crippen molar-refractivity contribution in [2.45, 2.75) is 4.90 Å². The normalized spacial score (nSPS) is 12.1. The third-order valence-corrected chi connectivity index (χ3v) is 7.11. The van der Waals surface area contributed by atoms with E-state index in [1.54, 1.807) is 24.3 Å². The van der Waals surface area contributed by atoms with Crippen molar-refractivity contribution in [1.82, 2.24) is 0 Å². The van der Waals surface area contributed by atoms with E-state index in [4.69, 9.17) is 34.8 Å². The highest BCUT2D eigenvalue weighted by atomic mass is 79.9. The summed E-state index contributed by atoms with van der Waals surface area (Å²) in [5.41, 5.74) is 0.542. The number of rotatable bonds is 5. The fraction of sp³-hybridized carbons (Fsp3) is 0. The van der Waals surface area contributed by atoms with Crippen molar-refractivity contribution in [1.29, 1.82) is 0 Å². The molecule has 0 aliphatic rings. The Balaban J connectivity index is 2.20. The number of benzene rings is 3. The number of Topliss-reactive ketones (excluding diaryl/α,β-unsaturated/α-hetero) is 1. The number of carbonyl (C=O) groups is 1. The smallest absolute Gasteiger partial charge is 0.210 e. The third kappa shape index (κ3) is 5.11. The molecule has 3 aromatic carbocycles. The van der Waals surface area contributed by atoms with E-state index in [0.29, 0.717) is 20.1 Å². The molecule has 0 atom stereocenters. The fourth-order valence-electron chi connectivity index (χ4n) is 2.51. The van der Waals surface area contributed by atoms with Crippen LogP contribution < -0.4 is 0 Å². The summed E-state index contributed by atoms with van der Waals surface area (Å²) in [4.78, 5) is 12.7. The molecule has 29 heavy (non-hydrogen) atoms. The van der Waals surface area contributed by atoms with Crippen LogP contribution in [-0.4, -0.2) is 14.2 Å². The van der Waals surface area contributed by atoms with Gasteiger partial charge in [-0.15, -0.1) is 0 Å². The summed E-state index contributed by atoms with van der Waals surface area (Å²) in [5.74, 6) is -0.671. The molecule has 0 N–H and O–H groups in total. The monoisotopic (exact) mass is 528 g/mol. The number of carbonyl (C=O) groups excluding carboxylic acids is 1. The van der Waals surface area contributed by atoms with Gasteiger partial charge in [-0.3, -0.25) is 4.79 Å². The summed E-state index contributed by atoms with van der Waals surface area (Å²) >= 11 is 21.3. The van der Waals surface area contributed by atoms with Crippen LogP contribution in [0.4, 0.5) is 0 Å². The SMILES string of the molecule is O=C(/C(=C\c1ccc(Cl)cc1Cl)S(=O)(=O)c1ccc(Br)cc1)c1ccc(Cl)cc1. The Kier molecular flexibility index (Phi) is 6.87. The lowest BCUT2D eigenvalue weighted by molar-refractivity contribution is 0.104. The van der Waals surface area contributed by atoms with Crippen LogP contribution in [0, 0.1) is 0 Å². The average Bonchev–Trinajstić information content (AvgIpc) is 2.67. The summed E-state index contributed by atoms with van der Waals surface area (Å²) in [6, 6.07) is 16.6. The predicted molar refractivity (Wildman–Crippen MR) is 122 cm³/mol. The van der Waals surface area contributed by atoms with E-state index in [1.807, 2.05) is 0 Å². The average molecular weight is 531 g/mol. The Morgan fingerprint density at radius 3 is 2.00 bits per heavy atom. The first kappa shape index (κ1) is 22.1. The van der Waals surface area contributed by atoms with Gasteiger partial charge in [0.05, 0.1) is 4.90 Å². The zero-order chi connectivity index (χ0) is 21.2. The van der Waals surface area contributed by atoms with Crippen molar-refractivity contribution in [3.8, 4) is 0 Å². The van der Waals surface area contributed by atoms with Crippen LogP contribution >= 0.6 is 50.7 Å². The highest BCUT2D eigenvalue weighted by Crippen LogP contribution is 2.29. The number of sulfone groups is 1. The molecule has 3 rings (SSSR count). The molecule has 0 aliphatic heterocycles. The second kappa shape index (κ2) is 9.02. The van der Waals surface area contributed by atoms with Gasteiger partial charge in [0.15, 0.2) is 0 Å². The number of allylic oxidation sites excluding steroid dienone is 1. The van der Waals surface area contributed by atoms with Crippen LogP contribution in [0.25, 0.3) is 6.08 Å². The third-order valence-electron chi connectivity index (χ3n) is 3.99. The van der Waals surface area contributed by atoms with Crippen LogP contribution in [0.3, 0.4) is 0 Å². The topological polar surface area (TPSA) is 51.2 Å². The van der Waals surface area contributed by atoms with Crippen LogP contribution in [0.2, 0.25) is 15.1 Å². The number of hydrogen-bond donors (Lipinski definition) is 0. The first-order valence-electron chi connectivity index (χ1n) is 8.16. The first-order valence-corrected chi connectivity index (χ1v) is 11.6. The Morgan fingerprint density at radius 1 is 0.828 bits per heavy atom. The molecule has 8 heteroatoms. The molecule has 0 spiro atoms. The van der Waals surface area contributed by atoms with E-state index < -0.39 is 20.5 Å². The molecule has 0 radical (unpaired) electrons. The Bertz CT molecular complexity index is 1200. The molecule has 0 bridgehead atoms. The van der Waals surface area contributed by atoms with Gasteiger partial charge in [-0.05, 0) is 72.3 Å². The largest absolute Gasteiger partial charge is 0.288 e. The molecule has 0 saturated heterocycles. The standard InChI is InChI=1S/C21H12BrCl3O3S/c22-15-4-9-18(10-5-15)29(27,28)20(11-14-3-8-17(24)12-19(14)25)21(26)13-1-6-16(23)7-2-13/h1-12H/b20-11+. The van der Waals surface area contributed by atoms with E-state index >= 15 is 0 Å². The van der Waals surface area contributed by atoms with E-state index in [-0.39, 0.29) is 15.5 Å². The molecule has 0 amide bonds. The van der Waals surface area contributed by atoms with Gasteiger partial charge in [-0.2, -0.15) is 0 Å². The highest BCUT2D eigenvalue weighted by molar-refractivity contribution is 9.10. The lowest BCUT2D eigenvalue weighted by Gasteiger charge is -2.10. The molecular formula is C21H12BrCl3O3S. The molecule has 0 unspecified atom stereocenters. The van der Waals surface area contributed by atoms with Crippen molar-refractivity contribution in [2.75, 3.05) is 0 Å². The molecule has 0 heterocycles. The summed E-state index contributed by atoms with van der Waals surface area (Å²) in [5, 5.41) is 1.06. The maximum Gasteiger partial charge on any atom is 0.210 e. The predicted octanol–water partition coefficient (Wildman–Crippen LogP) is 7.11. The van der Waals surface area contributed by atoms with E-state index in [2.05, 4.69) is 15.9 Å². The molecule has 0 aliphatic carbocycles. The van der Waals surface area contributed by atoms with Gasteiger partial charge < -0.3 is 0 Å². The lowest BCUT2D eigenvalue weighted by Crippen LogP contribution is -2.14. The fourth-order valence-corrected chi connectivity index (χ4v) is 4.75. The number of ketones is 1. The lowest BCUT2D eigenvalue weighted by atomic mass is 10.1. The zero-order valence-corrected chi connectivity index (χ0v) is 19.2. The quantitative estimate of drug-likeness (QED) is 0.261.